The van der Waals surface area contributed by atoms with E-state index >= 15 is 0 Å². The van der Waals surface area contributed by atoms with Crippen LogP contribution in [0.3, 0.4) is 0 Å². The lowest BCUT2D eigenvalue weighted by Crippen LogP contribution is -2.50. The number of nitrogens with one attached hydrogen (secondary N) is 2. The molecular weight excluding hydrogens is 264 g/mol. The maximum atomic E-state index is 12.1. The van der Waals surface area contributed by atoms with Crippen molar-refractivity contribution in [3.8, 4) is 0 Å². The molecule has 2 aliphatic heterocycles. The van der Waals surface area contributed by atoms with Gasteiger partial charge in [0, 0.05) is 32.7 Å². The molecule has 6 nitrogen and oxygen atoms in total. The normalized spacial score (nSPS) is 24.7. The molecule has 0 unspecified atom stereocenters. The molecule has 0 atom stereocenters. The molecule has 0 aromatic heterocycles. The second-order valence-electron chi connectivity index (χ2n) is 5.58. The third-order valence-electron chi connectivity index (χ3n) is 4.09. The topological polar surface area (TPSA) is 64.7 Å². The Morgan fingerprint density at radius 2 is 1.79 bits per heavy atom. The van der Waals surface area contributed by atoms with Gasteiger partial charge in [0.2, 0.25) is 0 Å². The lowest BCUT2D eigenvalue weighted by molar-refractivity contribution is 0.213. The molecule has 0 aliphatic carbocycles. The molecule has 0 saturated carbocycles. The van der Waals surface area contributed by atoms with Crippen molar-refractivity contribution < 1.29 is 8.42 Å². The van der Waals surface area contributed by atoms with Gasteiger partial charge in [0.15, 0.2) is 0 Å². The standard InChI is InChI=1S/C12H26N4O2S/c1-15-8-3-12(4-9-15)2-5-14-19(17,18)16-10-6-13-7-11-16/h12-14H,2-11H2,1H3. The first kappa shape index (κ1) is 15.2. The Balaban J connectivity index is 1.69. The lowest BCUT2D eigenvalue weighted by atomic mass is 9.94. The van der Waals surface area contributed by atoms with E-state index in [4.69, 9.17) is 0 Å². The van der Waals surface area contributed by atoms with Crippen LogP contribution >= 0.6 is 0 Å². The fourth-order valence-electron chi connectivity index (χ4n) is 2.72. The smallest absolute Gasteiger partial charge is 0.279 e. The molecule has 0 radical (unpaired) electrons. The van der Waals surface area contributed by atoms with Gasteiger partial charge in [-0.05, 0) is 45.3 Å². The quantitative estimate of drug-likeness (QED) is 0.714. The zero-order chi connectivity index (χ0) is 13.7. The second kappa shape index (κ2) is 6.99. The minimum absolute atomic E-state index is 0.570. The molecule has 2 fully saturated rings. The Bertz CT molecular complexity index is 360. The number of hydrogen-bond donors (Lipinski definition) is 2. The molecule has 19 heavy (non-hydrogen) atoms. The Labute approximate surface area is 116 Å². The number of piperidine rings is 1. The summed E-state index contributed by atoms with van der Waals surface area (Å²) in [6.07, 6.45) is 3.33. The van der Waals surface area contributed by atoms with Crippen molar-refractivity contribution in [2.45, 2.75) is 19.3 Å². The van der Waals surface area contributed by atoms with E-state index in [1.807, 2.05) is 0 Å². The average Bonchev–Trinajstić information content (AvgIpc) is 2.42. The van der Waals surface area contributed by atoms with E-state index in [1.165, 1.54) is 17.1 Å². The van der Waals surface area contributed by atoms with E-state index in [2.05, 4.69) is 22.0 Å². The van der Waals surface area contributed by atoms with Crippen molar-refractivity contribution in [3.63, 3.8) is 0 Å². The summed E-state index contributed by atoms with van der Waals surface area (Å²) in [6, 6.07) is 0. The number of hydrogen-bond acceptors (Lipinski definition) is 4. The van der Waals surface area contributed by atoms with Crippen LogP contribution in [0.25, 0.3) is 0 Å². The Morgan fingerprint density at radius 3 is 2.42 bits per heavy atom. The van der Waals surface area contributed by atoms with Gasteiger partial charge in [0.05, 0.1) is 0 Å². The molecule has 7 heteroatoms. The molecule has 2 saturated heterocycles. The van der Waals surface area contributed by atoms with Crippen LogP contribution in [0.2, 0.25) is 0 Å². The Hall–Kier alpha value is -0.210. The number of nitrogens with zero attached hydrogens (tertiary/aromatic N) is 2. The molecule has 0 bridgehead atoms. The van der Waals surface area contributed by atoms with Gasteiger partial charge < -0.3 is 10.2 Å². The van der Waals surface area contributed by atoms with Crippen LogP contribution in [0.4, 0.5) is 0 Å². The largest absolute Gasteiger partial charge is 0.314 e. The van der Waals surface area contributed by atoms with Crippen molar-refractivity contribution >= 4 is 10.2 Å². The van der Waals surface area contributed by atoms with Crippen LogP contribution in [0.1, 0.15) is 19.3 Å². The average molecular weight is 290 g/mol. The highest BCUT2D eigenvalue weighted by Gasteiger charge is 2.23. The highest BCUT2D eigenvalue weighted by atomic mass is 32.2. The molecule has 2 heterocycles. The molecule has 112 valence electrons. The highest BCUT2D eigenvalue weighted by molar-refractivity contribution is 7.87. The van der Waals surface area contributed by atoms with Crippen molar-refractivity contribution in [1.82, 2.24) is 19.2 Å². The lowest BCUT2D eigenvalue weighted by Gasteiger charge is -2.30. The van der Waals surface area contributed by atoms with E-state index in [0.29, 0.717) is 25.6 Å². The molecule has 0 amide bonds. The summed E-state index contributed by atoms with van der Waals surface area (Å²) in [6.45, 7) is 5.48. The van der Waals surface area contributed by atoms with Gasteiger partial charge in [-0.3, -0.25) is 0 Å². The molecule has 2 N–H and O–H groups in total. The molecular formula is C12H26N4O2S. The number of likely N-dealkylation sites (tertiary alicyclic amines) is 1. The first-order chi connectivity index (χ1) is 9.08. The van der Waals surface area contributed by atoms with Gasteiger partial charge in [-0.25, -0.2) is 4.72 Å². The predicted octanol–water partition coefficient (Wildman–Crippen LogP) is -0.542. The first-order valence-corrected chi connectivity index (χ1v) is 8.66. The van der Waals surface area contributed by atoms with Gasteiger partial charge in [0.25, 0.3) is 10.2 Å². The highest BCUT2D eigenvalue weighted by Crippen LogP contribution is 2.18. The van der Waals surface area contributed by atoms with Crippen LogP contribution in [-0.4, -0.2) is 70.5 Å². The summed E-state index contributed by atoms with van der Waals surface area (Å²) < 4.78 is 28.4. The van der Waals surface area contributed by atoms with Crippen molar-refractivity contribution in [1.29, 1.82) is 0 Å². The Morgan fingerprint density at radius 1 is 1.16 bits per heavy atom. The minimum atomic E-state index is -3.26. The summed E-state index contributed by atoms with van der Waals surface area (Å²) in [5, 5.41) is 3.16. The zero-order valence-electron chi connectivity index (χ0n) is 11.8. The maximum Gasteiger partial charge on any atom is 0.279 e. The maximum absolute atomic E-state index is 12.1. The summed E-state index contributed by atoms with van der Waals surface area (Å²) in [7, 11) is -1.12. The molecule has 0 aromatic carbocycles. The molecule has 0 spiro atoms. The van der Waals surface area contributed by atoms with E-state index in [9.17, 15) is 8.42 Å². The van der Waals surface area contributed by atoms with Crippen LogP contribution in [-0.2, 0) is 10.2 Å². The van der Waals surface area contributed by atoms with Crippen LogP contribution in [0, 0.1) is 5.92 Å². The fourth-order valence-corrected chi connectivity index (χ4v) is 3.94. The van der Waals surface area contributed by atoms with Crippen LogP contribution in [0.5, 0.6) is 0 Å². The number of rotatable bonds is 5. The molecule has 2 rings (SSSR count). The second-order valence-corrected chi connectivity index (χ2v) is 7.34. The summed E-state index contributed by atoms with van der Waals surface area (Å²) in [5.41, 5.74) is 0. The van der Waals surface area contributed by atoms with E-state index < -0.39 is 10.2 Å². The van der Waals surface area contributed by atoms with Crippen molar-refractivity contribution in [2.75, 3.05) is 52.9 Å². The van der Waals surface area contributed by atoms with Crippen molar-refractivity contribution in [2.24, 2.45) is 5.92 Å². The van der Waals surface area contributed by atoms with Gasteiger partial charge in [-0.1, -0.05) is 0 Å². The van der Waals surface area contributed by atoms with Crippen LogP contribution in [0.15, 0.2) is 0 Å². The molecule has 0 aromatic rings. The fraction of sp³-hybridized carbons (Fsp3) is 1.00. The number of piperazine rings is 1. The van der Waals surface area contributed by atoms with Gasteiger partial charge in [0.1, 0.15) is 0 Å². The first-order valence-electron chi connectivity index (χ1n) is 7.22. The predicted molar refractivity (Wildman–Crippen MR) is 76.2 cm³/mol. The molecule has 2 aliphatic rings. The third kappa shape index (κ3) is 4.68. The SMILES string of the molecule is CN1CCC(CCNS(=O)(=O)N2CCNCC2)CC1. The third-order valence-corrected chi connectivity index (χ3v) is 5.70. The summed E-state index contributed by atoms with van der Waals surface area (Å²) in [5.74, 6) is 0.668. The van der Waals surface area contributed by atoms with Crippen molar-refractivity contribution in [3.05, 3.63) is 0 Å². The summed E-state index contributed by atoms with van der Waals surface area (Å²) in [4.78, 5) is 2.33. The van der Waals surface area contributed by atoms with E-state index in [0.717, 1.165) is 32.6 Å². The monoisotopic (exact) mass is 290 g/mol. The van der Waals surface area contributed by atoms with Gasteiger partial charge >= 0.3 is 0 Å². The van der Waals surface area contributed by atoms with Crippen LogP contribution < -0.4 is 10.0 Å². The zero-order valence-corrected chi connectivity index (χ0v) is 12.6. The van der Waals surface area contributed by atoms with Gasteiger partial charge in [-0.15, -0.1) is 0 Å². The van der Waals surface area contributed by atoms with E-state index in [1.54, 1.807) is 0 Å². The van der Waals surface area contributed by atoms with Gasteiger partial charge in [-0.2, -0.15) is 12.7 Å². The Kier molecular flexibility index (Phi) is 5.58. The summed E-state index contributed by atoms with van der Waals surface area (Å²) >= 11 is 0. The van der Waals surface area contributed by atoms with E-state index in [-0.39, 0.29) is 0 Å². The minimum Gasteiger partial charge on any atom is -0.314 e.